The predicted octanol–water partition coefficient (Wildman–Crippen LogP) is 4.37. The molecular formula is C28H36ClN7O3. The highest BCUT2D eigenvalue weighted by molar-refractivity contribution is 6.30. The van der Waals surface area contributed by atoms with Gasteiger partial charge >= 0.3 is 0 Å². The Morgan fingerprint density at radius 1 is 0.795 bits per heavy atom. The highest BCUT2D eigenvalue weighted by atomic mass is 35.5. The van der Waals surface area contributed by atoms with Crippen LogP contribution >= 0.6 is 11.6 Å². The lowest BCUT2D eigenvalue weighted by molar-refractivity contribution is 0.0519. The number of ether oxygens (including phenoxy) is 2. The number of rotatable bonds is 16. The number of hydrogen-bond donors (Lipinski definition) is 4. The second kappa shape index (κ2) is 15.8. The summed E-state index contributed by atoms with van der Waals surface area (Å²) >= 11 is 5.99. The number of nitrogens with one attached hydrogen (secondary N) is 4. The lowest BCUT2D eigenvalue weighted by Crippen LogP contribution is -2.27. The summed E-state index contributed by atoms with van der Waals surface area (Å²) in [5.74, 6) is 1.44. The summed E-state index contributed by atoms with van der Waals surface area (Å²) in [5.41, 5.74) is 1.71. The number of hydrogen-bond acceptors (Lipinski definition) is 9. The molecule has 11 heteroatoms. The summed E-state index contributed by atoms with van der Waals surface area (Å²) in [7, 11) is 0. The van der Waals surface area contributed by atoms with Gasteiger partial charge in [0.25, 0.3) is 5.91 Å². The Bertz CT molecular complexity index is 1150. The summed E-state index contributed by atoms with van der Waals surface area (Å²) in [6, 6.07) is 17.2. The number of carbonyl (C=O) groups excluding carboxylic acids is 1. The largest absolute Gasteiger partial charge is 0.377 e. The van der Waals surface area contributed by atoms with Gasteiger partial charge < -0.3 is 30.7 Å². The van der Waals surface area contributed by atoms with Crippen LogP contribution in [0.4, 0.5) is 17.8 Å². The standard InChI is InChI=1S/C28H36ClN7O3/c29-23-12-10-21(11-13-23)20-32-27-34-26(35-28(36-27)33-24-8-4-5-9-24)31-15-17-39-19-18-38-16-14-30-25(37)22-6-2-1-3-7-22/h1-3,6-7,10-13,24H,4-5,8-9,14-20H2,(H,30,37)(H3,31,32,33,34,35,36). The van der Waals surface area contributed by atoms with E-state index in [0.29, 0.717) is 80.5 Å². The zero-order chi connectivity index (χ0) is 27.1. The zero-order valence-electron chi connectivity index (χ0n) is 22.0. The van der Waals surface area contributed by atoms with Crippen molar-refractivity contribution < 1.29 is 14.3 Å². The summed E-state index contributed by atoms with van der Waals surface area (Å²) < 4.78 is 11.2. The Labute approximate surface area is 234 Å². The molecule has 3 aromatic rings. The summed E-state index contributed by atoms with van der Waals surface area (Å²) in [6.07, 6.45) is 4.69. The van der Waals surface area contributed by atoms with E-state index in [2.05, 4.69) is 36.2 Å². The molecule has 10 nitrogen and oxygen atoms in total. The second-order valence-electron chi connectivity index (χ2n) is 9.19. The van der Waals surface area contributed by atoms with Crippen molar-refractivity contribution in [3.05, 3.63) is 70.7 Å². The van der Waals surface area contributed by atoms with Crippen LogP contribution in [0.3, 0.4) is 0 Å². The molecule has 1 amide bonds. The van der Waals surface area contributed by atoms with E-state index in [1.807, 2.05) is 42.5 Å². The first-order chi connectivity index (χ1) is 19.2. The predicted molar refractivity (Wildman–Crippen MR) is 153 cm³/mol. The minimum Gasteiger partial charge on any atom is -0.377 e. The molecule has 0 radical (unpaired) electrons. The van der Waals surface area contributed by atoms with Crippen LogP contribution in [0.2, 0.25) is 5.02 Å². The normalized spacial score (nSPS) is 13.3. The molecule has 0 spiro atoms. The van der Waals surface area contributed by atoms with Crippen molar-refractivity contribution in [2.75, 3.05) is 55.5 Å². The van der Waals surface area contributed by atoms with Crippen LogP contribution in [0.1, 0.15) is 41.6 Å². The lowest BCUT2D eigenvalue weighted by Gasteiger charge is -2.15. The van der Waals surface area contributed by atoms with Crippen molar-refractivity contribution in [2.45, 2.75) is 38.3 Å². The molecule has 2 aromatic carbocycles. The third-order valence-electron chi connectivity index (χ3n) is 6.16. The number of halogens is 1. The molecule has 1 aliphatic carbocycles. The average molecular weight is 554 g/mol. The van der Waals surface area contributed by atoms with Gasteiger partial charge in [-0.2, -0.15) is 15.0 Å². The smallest absolute Gasteiger partial charge is 0.251 e. The van der Waals surface area contributed by atoms with Crippen molar-refractivity contribution in [1.82, 2.24) is 20.3 Å². The van der Waals surface area contributed by atoms with Gasteiger partial charge in [0.1, 0.15) is 0 Å². The molecule has 1 aromatic heterocycles. The van der Waals surface area contributed by atoms with Crippen molar-refractivity contribution in [1.29, 1.82) is 0 Å². The van der Waals surface area contributed by atoms with Gasteiger partial charge in [0.2, 0.25) is 17.8 Å². The summed E-state index contributed by atoms with van der Waals surface area (Å²) in [5, 5.41) is 13.5. The quantitative estimate of drug-likeness (QED) is 0.191. The summed E-state index contributed by atoms with van der Waals surface area (Å²) in [4.78, 5) is 25.6. The zero-order valence-corrected chi connectivity index (χ0v) is 22.8. The highest BCUT2D eigenvalue weighted by Gasteiger charge is 2.17. The Balaban J connectivity index is 1.14. The van der Waals surface area contributed by atoms with E-state index in [1.165, 1.54) is 12.8 Å². The van der Waals surface area contributed by atoms with E-state index in [0.717, 1.165) is 18.4 Å². The maximum atomic E-state index is 12.0. The lowest BCUT2D eigenvalue weighted by atomic mass is 10.2. The first-order valence-electron chi connectivity index (χ1n) is 13.4. The fourth-order valence-electron chi connectivity index (χ4n) is 4.12. The van der Waals surface area contributed by atoms with Crippen LogP contribution in [0.25, 0.3) is 0 Å². The van der Waals surface area contributed by atoms with Gasteiger partial charge in [-0.3, -0.25) is 4.79 Å². The number of carbonyl (C=O) groups is 1. The van der Waals surface area contributed by atoms with Gasteiger partial charge in [0.05, 0.1) is 26.4 Å². The Kier molecular flexibility index (Phi) is 11.6. The molecule has 0 unspecified atom stereocenters. The van der Waals surface area contributed by atoms with Crippen LogP contribution < -0.4 is 21.3 Å². The van der Waals surface area contributed by atoms with Gasteiger partial charge in [-0.15, -0.1) is 0 Å². The number of amides is 1. The maximum Gasteiger partial charge on any atom is 0.251 e. The third kappa shape index (κ3) is 10.3. The highest BCUT2D eigenvalue weighted by Crippen LogP contribution is 2.22. The van der Waals surface area contributed by atoms with E-state index in [9.17, 15) is 4.79 Å². The molecule has 0 bridgehead atoms. The van der Waals surface area contributed by atoms with Crippen LogP contribution in [0.5, 0.6) is 0 Å². The second-order valence-corrected chi connectivity index (χ2v) is 9.62. The van der Waals surface area contributed by atoms with Crippen LogP contribution in [0.15, 0.2) is 54.6 Å². The molecule has 0 saturated heterocycles. The Hall–Kier alpha value is -3.47. The Morgan fingerprint density at radius 2 is 1.44 bits per heavy atom. The van der Waals surface area contributed by atoms with Crippen LogP contribution in [-0.2, 0) is 16.0 Å². The molecule has 208 valence electrons. The molecule has 1 fully saturated rings. The molecule has 1 heterocycles. The van der Waals surface area contributed by atoms with Gasteiger partial charge in [-0.05, 0) is 42.7 Å². The first-order valence-corrected chi connectivity index (χ1v) is 13.8. The summed E-state index contributed by atoms with van der Waals surface area (Å²) in [6.45, 7) is 3.35. The molecule has 0 aliphatic heterocycles. The van der Waals surface area contributed by atoms with E-state index in [1.54, 1.807) is 12.1 Å². The van der Waals surface area contributed by atoms with E-state index in [4.69, 9.17) is 21.1 Å². The van der Waals surface area contributed by atoms with Gasteiger partial charge in [-0.1, -0.05) is 54.8 Å². The van der Waals surface area contributed by atoms with Crippen LogP contribution in [-0.4, -0.2) is 66.4 Å². The third-order valence-corrected chi connectivity index (χ3v) is 6.41. The monoisotopic (exact) mass is 553 g/mol. The molecule has 4 rings (SSSR count). The van der Waals surface area contributed by atoms with Gasteiger partial charge in [0.15, 0.2) is 0 Å². The number of aromatic nitrogens is 3. The number of benzene rings is 2. The minimum atomic E-state index is -0.107. The molecular weight excluding hydrogens is 518 g/mol. The van der Waals surface area contributed by atoms with Crippen molar-refractivity contribution in [3.63, 3.8) is 0 Å². The van der Waals surface area contributed by atoms with E-state index >= 15 is 0 Å². The average Bonchev–Trinajstić information content (AvgIpc) is 3.47. The fourth-order valence-corrected chi connectivity index (χ4v) is 4.25. The molecule has 1 aliphatic rings. The van der Waals surface area contributed by atoms with Gasteiger partial charge in [-0.25, -0.2) is 0 Å². The van der Waals surface area contributed by atoms with Crippen LogP contribution in [0, 0.1) is 0 Å². The fraction of sp³-hybridized carbons (Fsp3) is 0.429. The number of anilines is 3. The first kappa shape index (κ1) is 28.5. The van der Waals surface area contributed by atoms with E-state index in [-0.39, 0.29) is 5.91 Å². The van der Waals surface area contributed by atoms with Crippen molar-refractivity contribution >= 4 is 35.4 Å². The molecule has 39 heavy (non-hydrogen) atoms. The van der Waals surface area contributed by atoms with Crippen molar-refractivity contribution in [3.8, 4) is 0 Å². The SMILES string of the molecule is O=C(NCCOCCOCCNc1nc(NCc2ccc(Cl)cc2)nc(NC2CCCC2)n1)c1ccccc1. The Morgan fingerprint density at radius 3 is 2.15 bits per heavy atom. The molecule has 1 saturated carbocycles. The maximum absolute atomic E-state index is 12.0. The molecule has 0 atom stereocenters. The molecule has 4 N–H and O–H groups in total. The van der Waals surface area contributed by atoms with E-state index < -0.39 is 0 Å². The van der Waals surface area contributed by atoms with Crippen molar-refractivity contribution in [2.24, 2.45) is 0 Å². The van der Waals surface area contributed by atoms with Gasteiger partial charge in [0, 0.05) is 36.3 Å². The minimum absolute atomic E-state index is 0.107. The number of nitrogens with zero attached hydrogens (tertiary/aromatic N) is 3. The topological polar surface area (TPSA) is 122 Å².